The Bertz CT molecular complexity index is 302. The lowest BCUT2D eigenvalue weighted by atomic mass is 9.93. The first-order chi connectivity index (χ1) is 7.65. The van der Waals surface area contributed by atoms with Gasteiger partial charge in [0.15, 0.2) is 0 Å². The van der Waals surface area contributed by atoms with E-state index in [1.54, 1.807) is 0 Å². The molecule has 0 aromatic heterocycles. The van der Waals surface area contributed by atoms with Gasteiger partial charge >= 0.3 is 0 Å². The van der Waals surface area contributed by atoms with Crippen molar-refractivity contribution in [1.29, 1.82) is 0 Å². The normalized spacial score (nSPS) is 14.8. The van der Waals surface area contributed by atoms with Crippen molar-refractivity contribution in [2.45, 2.75) is 45.3 Å². The van der Waals surface area contributed by atoms with Crippen LogP contribution in [0.15, 0.2) is 43.0 Å². The van der Waals surface area contributed by atoms with Crippen LogP contribution in [0.4, 0.5) is 0 Å². The van der Waals surface area contributed by atoms with Crippen LogP contribution in [0.5, 0.6) is 0 Å². The molecule has 1 aromatic rings. The monoisotopic (exact) mass is 218 g/mol. The minimum absolute atomic E-state index is 0.222. The van der Waals surface area contributed by atoms with Crippen LogP contribution in [0.3, 0.4) is 0 Å². The maximum absolute atomic E-state index is 5.94. The van der Waals surface area contributed by atoms with Crippen molar-refractivity contribution in [1.82, 2.24) is 0 Å². The Morgan fingerprint density at radius 3 is 2.31 bits per heavy atom. The second-order valence-electron chi connectivity index (χ2n) is 4.45. The topological polar surface area (TPSA) is 9.23 Å². The lowest BCUT2D eigenvalue weighted by Gasteiger charge is -2.25. The molecule has 2 unspecified atom stereocenters. The Morgan fingerprint density at radius 2 is 1.81 bits per heavy atom. The van der Waals surface area contributed by atoms with Gasteiger partial charge in [0, 0.05) is 5.92 Å². The molecule has 1 rings (SSSR count). The number of benzene rings is 1. The predicted octanol–water partition coefficient (Wildman–Crippen LogP) is 4.16. The summed E-state index contributed by atoms with van der Waals surface area (Å²) in [5.41, 5.74) is 1.33. The largest absolute Gasteiger partial charge is 0.375 e. The molecule has 0 bridgehead atoms. The summed E-state index contributed by atoms with van der Waals surface area (Å²) in [6, 6.07) is 10.5. The maximum atomic E-state index is 5.94. The van der Waals surface area contributed by atoms with Crippen LogP contribution >= 0.6 is 0 Å². The lowest BCUT2D eigenvalue weighted by Crippen LogP contribution is -2.23. The number of hydrogen-bond donors (Lipinski definition) is 0. The zero-order valence-electron chi connectivity index (χ0n) is 10.5. The molecule has 88 valence electrons. The zero-order chi connectivity index (χ0) is 12.0. The van der Waals surface area contributed by atoms with E-state index in [9.17, 15) is 0 Å². The fraction of sp³-hybridized carbons (Fsp3) is 0.467. The number of rotatable bonds is 6. The number of ether oxygens (including phenoxy) is 1. The van der Waals surface area contributed by atoms with Gasteiger partial charge in [-0.25, -0.2) is 0 Å². The van der Waals surface area contributed by atoms with Crippen molar-refractivity contribution in [2.24, 2.45) is 0 Å². The van der Waals surface area contributed by atoms with Gasteiger partial charge in [0.1, 0.15) is 0 Å². The predicted molar refractivity (Wildman–Crippen MR) is 69.7 cm³/mol. The molecular formula is C15H22O. The van der Waals surface area contributed by atoms with E-state index in [1.807, 2.05) is 12.1 Å². The summed E-state index contributed by atoms with van der Waals surface area (Å²) in [5, 5.41) is 0. The summed E-state index contributed by atoms with van der Waals surface area (Å²) >= 11 is 0. The van der Waals surface area contributed by atoms with E-state index >= 15 is 0 Å². The molecule has 0 amide bonds. The van der Waals surface area contributed by atoms with Crippen molar-refractivity contribution >= 4 is 0 Å². The van der Waals surface area contributed by atoms with Crippen molar-refractivity contribution < 1.29 is 4.74 Å². The Hall–Kier alpha value is -1.08. The molecule has 0 spiro atoms. The first-order valence-electron chi connectivity index (χ1n) is 5.96. The van der Waals surface area contributed by atoms with Gasteiger partial charge < -0.3 is 4.74 Å². The van der Waals surface area contributed by atoms with Gasteiger partial charge in [-0.05, 0) is 25.8 Å². The van der Waals surface area contributed by atoms with E-state index in [0.29, 0.717) is 5.92 Å². The standard InChI is InChI=1S/C15H22O/c1-5-9-15(16-12(2)3)13(4)14-10-7-6-8-11-14/h5-8,10-13,15H,1,9H2,2-4H3. The van der Waals surface area contributed by atoms with Gasteiger partial charge in [-0.2, -0.15) is 0 Å². The Labute approximate surface area is 99.1 Å². The average molecular weight is 218 g/mol. The minimum atomic E-state index is 0.222. The maximum Gasteiger partial charge on any atom is 0.0678 e. The summed E-state index contributed by atoms with van der Waals surface area (Å²) in [6.07, 6.45) is 3.32. The molecule has 16 heavy (non-hydrogen) atoms. The molecule has 0 N–H and O–H groups in total. The van der Waals surface area contributed by atoms with Crippen LogP contribution in [0, 0.1) is 0 Å². The van der Waals surface area contributed by atoms with E-state index < -0.39 is 0 Å². The van der Waals surface area contributed by atoms with Crippen LogP contribution < -0.4 is 0 Å². The van der Waals surface area contributed by atoms with Crippen LogP contribution in [0.25, 0.3) is 0 Å². The summed E-state index contributed by atoms with van der Waals surface area (Å²) < 4.78 is 5.94. The quantitative estimate of drug-likeness (QED) is 0.651. The molecule has 0 aliphatic heterocycles. The van der Waals surface area contributed by atoms with E-state index in [2.05, 4.69) is 51.6 Å². The highest BCUT2D eigenvalue weighted by atomic mass is 16.5. The fourth-order valence-electron chi connectivity index (χ4n) is 1.86. The molecule has 0 aliphatic rings. The Kier molecular flexibility index (Phi) is 5.27. The Morgan fingerprint density at radius 1 is 1.19 bits per heavy atom. The van der Waals surface area contributed by atoms with Crippen molar-refractivity contribution in [3.05, 3.63) is 48.6 Å². The van der Waals surface area contributed by atoms with Crippen LogP contribution in [0.1, 0.15) is 38.7 Å². The molecule has 0 saturated carbocycles. The summed E-state index contributed by atoms with van der Waals surface area (Å²) in [5.74, 6) is 0.404. The van der Waals surface area contributed by atoms with Gasteiger partial charge in [-0.3, -0.25) is 0 Å². The van der Waals surface area contributed by atoms with Gasteiger partial charge in [-0.1, -0.05) is 43.3 Å². The third kappa shape index (κ3) is 3.82. The molecule has 1 aromatic carbocycles. The van der Waals surface area contributed by atoms with Crippen LogP contribution in [0.2, 0.25) is 0 Å². The fourth-order valence-corrected chi connectivity index (χ4v) is 1.86. The third-order valence-electron chi connectivity index (χ3n) is 2.73. The van der Waals surface area contributed by atoms with Crippen molar-refractivity contribution in [3.8, 4) is 0 Å². The molecule has 1 nitrogen and oxygen atoms in total. The minimum Gasteiger partial charge on any atom is -0.375 e. The molecule has 0 heterocycles. The van der Waals surface area contributed by atoms with Gasteiger partial charge in [0.2, 0.25) is 0 Å². The van der Waals surface area contributed by atoms with Crippen LogP contribution in [-0.4, -0.2) is 12.2 Å². The molecule has 2 atom stereocenters. The molecule has 0 fully saturated rings. The highest BCUT2D eigenvalue weighted by Crippen LogP contribution is 2.24. The average Bonchev–Trinajstić information content (AvgIpc) is 2.28. The van der Waals surface area contributed by atoms with Gasteiger partial charge in [0.05, 0.1) is 12.2 Å². The second kappa shape index (κ2) is 6.49. The van der Waals surface area contributed by atoms with Crippen LogP contribution in [-0.2, 0) is 4.74 Å². The highest BCUT2D eigenvalue weighted by molar-refractivity contribution is 5.20. The van der Waals surface area contributed by atoms with Crippen molar-refractivity contribution in [2.75, 3.05) is 0 Å². The molecule has 1 heteroatoms. The lowest BCUT2D eigenvalue weighted by molar-refractivity contribution is -0.00292. The molecular weight excluding hydrogens is 196 g/mol. The van der Waals surface area contributed by atoms with Gasteiger partial charge in [0.25, 0.3) is 0 Å². The first-order valence-corrected chi connectivity index (χ1v) is 5.96. The van der Waals surface area contributed by atoms with E-state index in [1.165, 1.54) is 5.56 Å². The Balaban J connectivity index is 2.74. The van der Waals surface area contributed by atoms with E-state index in [4.69, 9.17) is 4.74 Å². The SMILES string of the molecule is C=CCC(OC(C)C)C(C)c1ccccc1. The molecule has 0 saturated heterocycles. The smallest absolute Gasteiger partial charge is 0.0678 e. The van der Waals surface area contributed by atoms with E-state index in [-0.39, 0.29) is 12.2 Å². The molecule has 0 radical (unpaired) electrons. The highest BCUT2D eigenvalue weighted by Gasteiger charge is 2.19. The third-order valence-corrected chi connectivity index (χ3v) is 2.73. The van der Waals surface area contributed by atoms with Gasteiger partial charge in [-0.15, -0.1) is 6.58 Å². The summed E-state index contributed by atoms with van der Waals surface area (Å²) in [4.78, 5) is 0. The zero-order valence-corrected chi connectivity index (χ0v) is 10.5. The van der Waals surface area contributed by atoms with Crippen molar-refractivity contribution in [3.63, 3.8) is 0 Å². The molecule has 0 aliphatic carbocycles. The van der Waals surface area contributed by atoms with E-state index in [0.717, 1.165) is 6.42 Å². The summed E-state index contributed by atoms with van der Waals surface area (Å²) in [6.45, 7) is 10.2. The second-order valence-corrected chi connectivity index (χ2v) is 4.45. The first kappa shape index (κ1) is 13.0. The summed E-state index contributed by atoms with van der Waals surface area (Å²) in [7, 11) is 0. The number of hydrogen-bond acceptors (Lipinski definition) is 1.